The van der Waals surface area contributed by atoms with Crippen molar-refractivity contribution in [3.63, 3.8) is 0 Å². The molecule has 0 radical (unpaired) electrons. The van der Waals surface area contributed by atoms with E-state index in [9.17, 15) is 4.79 Å². The van der Waals surface area contributed by atoms with Crippen molar-refractivity contribution in [1.82, 2.24) is 4.90 Å². The van der Waals surface area contributed by atoms with E-state index in [-0.39, 0.29) is 11.7 Å². The second-order valence-electron chi connectivity index (χ2n) is 6.30. The van der Waals surface area contributed by atoms with E-state index in [1.165, 1.54) is 5.56 Å². The normalized spacial score (nSPS) is 18.3. The number of methoxy groups -OCH3 is 1. The first-order valence-electron chi connectivity index (χ1n) is 8.31. The molecule has 1 aliphatic heterocycles. The SMILES string of the molecule is COc1cccc(CN2CCC[C@@H](C(=O)c3ccc(Cl)cc3)C2)c1. The van der Waals surface area contributed by atoms with Gasteiger partial charge in [-0.3, -0.25) is 9.69 Å². The monoisotopic (exact) mass is 343 g/mol. The molecule has 0 saturated carbocycles. The second kappa shape index (κ2) is 7.82. The first-order chi connectivity index (χ1) is 11.7. The Labute approximate surface area is 148 Å². The summed E-state index contributed by atoms with van der Waals surface area (Å²) in [7, 11) is 1.68. The van der Waals surface area contributed by atoms with Crippen LogP contribution in [0.15, 0.2) is 48.5 Å². The van der Waals surface area contributed by atoms with Gasteiger partial charge in [0.15, 0.2) is 5.78 Å². The number of hydrogen-bond donors (Lipinski definition) is 0. The van der Waals surface area contributed by atoms with Gasteiger partial charge in [-0.2, -0.15) is 0 Å². The number of piperidine rings is 1. The zero-order chi connectivity index (χ0) is 16.9. The molecule has 1 atom stereocenters. The third kappa shape index (κ3) is 4.16. The molecular formula is C20H22ClNO2. The number of rotatable bonds is 5. The van der Waals surface area contributed by atoms with Crippen molar-refractivity contribution in [2.45, 2.75) is 19.4 Å². The Morgan fingerprint density at radius 3 is 2.79 bits per heavy atom. The van der Waals surface area contributed by atoms with Crippen molar-refractivity contribution in [3.8, 4) is 5.75 Å². The summed E-state index contributed by atoms with van der Waals surface area (Å²) in [5, 5.41) is 0.662. The number of carbonyl (C=O) groups is 1. The maximum Gasteiger partial charge on any atom is 0.167 e. The Kier molecular flexibility index (Phi) is 5.54. The zero-order valence-electron chi connectivity index (χ0n) is 13.9. The maximum atomic E-state index is 12.7. The van der Waals surface area contributed by atoms with E-state index >= 15 is 0 Å². The fraction of sp³-hybridized carbons (Fsp3) is 0.350. The van der Waals surface area contributed by atoms with Gasteiger partial charge in [0.25, 0.3) is 0 Å². The van der Waals surface area contributed by atoms with Crippen molar-refractivity contribution in [2.24, 2.45) is 5.92 Å². The quantitative estimate of drug-likeness (QED) is 0.751. The Morgan fingerprint density at radius 2 is 2.04 bits per heavy atom. The maximum absolute atomic E-state index is 12.7. The summed E-state index contributed by atoms with van der Waals surface area (Å²) in [6, 6.07) is 15.3. The molecule has 1 heterocycles. The summed E-state index contributed by atoms with van der Waals surface area (Å²) >= 11 is 5.91. The molecule has 126 valence electrons. The largest absolute Gasteiger partial charge is 0.497 e. The minimum Gasteiger partial charge on any atom is -0.497 e. The van der Waals surface area contributed by atoms with Gasteiger partial charge in [0, 0.05) is 29.6 Å². The van der Waals surface area contributed by atoms with Crippen molar-refractivity contribution in [1.29, 1.82) is 0 Å². The predicted octanol–water partition coefficient (Wildman–Crippen LogP) is 4.44. The minimum atomic E-state index is 0.0607. The highest BCUT2D eigenvalue weighted by atomic mass is 35.5. The lowest BCUT2D eigenvalue weighted by Gasteiger charge is -2.32. The molecule has 3 nitrogen and oxygen atoms in total. The van der Waals surface area contributed by atoms with Crippen molar-refractivity contribution >= 4 is 17.4 Å². The van der Waals surface area contributed by atoms with Gasteiger partial charge in [0.05, 0.1) is 7.11 Å². The van der Waals surface area contributed by atoms with Crippen LogP contribution in [0.4, 0.5) is 0 Å². The van der Waals surface area contributed by atoms with Gasteiger partial charge in [0.2, 0.25) is 0 Å². The number of likely N-dealkylation sites (tertiary alicyclic amines) is 1. The molecule has 2 aromatic carbocycles. The van der Waals surface area contributed by atoms with Crippen LogP contribution in [0.25, 0.3) is 0 Å². The summed E-state index contributed by atoms with van der Waals surface area (Å²) in [6.45, 7) is 2.68. The van der Waals surface area contributed by atoms with E-state index in [1.54, 1.807) is 19.2 Å². The lowest BCUT2D eigenvalue weighted by Crippen LogP contribution is -2.38. The van der Waals surface area contributed by atoms with Crippen LogP contribution in [0.5, 0.6) is 5.75 Å². The highest BCUT2D eigenvalue weighted by molar-refractivity contribution is 6.30. The Morgan fingerprint density at radius 1 is 1.25 bits per heavy atom. The molecule has 0 amide bonds. The number of hydrogen-bond acceptors (Lipinski definition) is 3. The van der Waals surface area contributed by atoms with Crippen LogP contribution in [0.3, 0.4) is 0 Å². The van der Waals surface area contributed by atoms with Crippen LogP contribution in [-0.4, -0.2) is 30.9 Å². The van der Waals surface area contributed by atoms with E-state index in [2.05, 4.69) is 17.0 Å². The summed E-state index contributed by atoms with van der Waals surface area (Å²) < 4.78 is 5.29. The van der Waals surface area contributed by atoms with Gasteiger partial charge >= 0.3 is 0 Å². The molecule has 0 aliphatic carbocycles. The lowest BCUT2D eigenvalue weighted by atomic mass is 9.90. The van der Waals surface area contributed by atoms with Crippen molar-refractivity contribution < 1.29 is 9.53 Å². The van der Waals surface area contributed by atoms with Gasteiger partial charge in [0.1, 0.15) is 5.75 Å². The molecule has 4 heteroatoms. The average Bonchev–Trinajstić information content (AvgIpc) is 2.62. The van der Waals surface area contributed by atoms with Crippen LogP contribution < -0.4 is 4.74 Å². The van der Waals surface area contributed by atoms with Crippen molar-refractivity contribution in [3.05, 3.63) is 64.7 Å². The zero-order valence-corrected chi connectivity index (χ0v) is 14.6. The summed E-state index contributed by atoms with van der Waals surface area (Å²) in [6.07, 6.45) is 2.00. The highest BCUT2D eigenvalue weighted by Crippen LogP contribution is 2.24. The van der Waals surface area contributed by atoms with E-state index in [4.69, 9.17) is 16.3 Å². The third-order valence-corrected chi connectivity index (χ3v) is 4.80. The van der Waals surface area contributed by atoms with E-state index in [0.717, 1.165) is 43.8 Å². The smallest absolute Gasteiger partial charge is 0.167 e. The highest BCUT2D eigenvalue weighted by Gasteiger charge is 2.26. The summed E-state index contributed by atoms with van der Waals surface area (Å²) in [4.78, 5) is 15.1. The number of carbonyl (C=O) groups excluding carboxylic acids is 1. The fourth-order valence-electron chi connectivity index (χ4n) is 3.29. The molecule has 3 rings (SSSR count). The molecule has 24 heavy (non-hydrogen) atoms. The number of halogens is 1. The van der Waals surface area contributed by atoms with Crippen LogP contribution in [0.2, 0.25) is 5.02 Å². The molecular weight excluding hydrogens is 322 g/mol. The number of ether oxygens (including phenoxy) is 1. The molecule has 0 N–H and O–H groups in total. The second-order valence-corrected chi connectivity index (χ2v) is 6.73. The van der Waals surface area contributed by atoms with Gasteiger partial charge < -0.3 is 4.74 Å². The van der Waals surface area contributed by atoms with Gasteiger partial charge in [-0.15, -0.1) is 0 Å². The Bertz CT molecular complexity index is 699. The Hall–Kier alpha value is -1.84. The fourth-order valence-corrected chi connectivity index (χ4v) is 3.42. The number of nitrogens with zero attached hydrogens (tertiary/aromatic N) is 1. The van der Waals surface area contributed by atoms with E-state index in [0.29, 0.717) is 5.02 Å². The van der Waals surface area contributed by atoms with Crippen molar-refractivity contribution in [2.75, 3.05) is 20.2 Å². The lowest BCUT2D eigenvalue weighted by molar-refractivity contribution is 0.0811. The van der Waals surface area contributed by atoms with E-state index in [1.807, 2.05) is 24.3 Å². The van der Waals surface area contributed by atoms with Crippen LogP contribution in [0, 0.1) is 5.92 Å². The first kappa shape index (κ1) is 17.0. The molecule has 0 unspecified atom stereocenters. The first-order valence-corrected chi connectivity index (χ1v) is 8.68. The summed E-state index contributed by atoms with van der Waals surface area (Å²) in [5.74, 6) is 1.16. The van der Waals surface area contributed by atoms with Gasteiger partial charge in [-0.1, -0.05) is 23.7 Å². The average molecular weight is 344 g/mol. The van der Waals surface area contributed by atoms with Crippen LogP contribution in [0.1, 0.15) is 28.8 Å². The van der Waals surface area contributed by atoms with Crippen LogP contribution in [-0.2, 0) is 6.54 Å². The summed E-state index contributed by atoms with van der Waals surface area (Å²) in [5.41, 5.74) is 1.97. The molecule has 2 aromatic rings. The minimum absolute atomic E-state index is 0.0607. The molecule has 1 aliphatic rings. The molecule has 1 fully saturated rings. The molecule has 0 spiro atoms. The van der Waals surface area contributed by atoms with E-state index < -0.39 is 0 Å². The Balaban J connectivity index is 1.65. The van der Waals surface area contributed by atoms with Gasteiger partial charge in [-0.25, -0.2) is 0 Å². The standard InChI is InChI=1S/C20H22ClNO2/c1-24-19-6-2-4-15(12-19)13-22-11-3-5-17(14-22)20(23)16-7-9-18(21)10-8-16/h2,4,6-10,12,17H,3,5,11,13-14H2,1H3/t17-/m1/s1. The molecule has 1 saturated heterocycles. The molecule has 0 aromatic heterocycles. The van der Waals surface area contributed by atoms with Gasteiger partial charge in [-0.05, 0) is 61.3 Å². The van der Waals surface area contributed by atoms with Crippen LogP contribution >= 0.6 is 11.6 Å². The number of ketones is 1. The number of Topliss-reactive ketones (excluding diaryl/α,β-unsaturated/α-hetero) is 1. The predicted molar refractivity (Wildman–Crippen MR) is 96.8 cm³/mol. The number of benzene rings is 2. The third-order valence-electron chi connectivity index (χ3n) is 4.55. The topological polar surface area (TPSA) is 29.5 Å². The molecule has 0 bridgehead atoms.